The van der Waals surface area contributed by atoms with Crippen molar-refractivity contribution in [3.05, 3.63) is 53.6 Å². The molecule has 1 heterocycles. The number of benzene rings is 2. The fourth-order valence-corrected chi connectivity index (χ4v) is 6.50. The minimum absolute atomic E-state index is 0.109. The highest BCUT2D eigenvalue weighted by Gasteiger charge is 2.31. The number of anilines is 1. The van der Waals surface area contributed by atoms with Crippen LogP contribution >= 0.6 is 11.6 Å². The van der Waals surface area contributed by atoms with Gasteiger partial charge in [0.1, 0.15) is 18.4 Å². The van der Waals surface area contributed by atoms with Gasteiger partial charge in [-0.1, -0.05) is 18.5 Å². The van der Waals surface area contributed by atoms with E-state index in [0.29, 0.717) is 42.8 Å². The zero-order valence-electron chi connectivity index (χ0n) is 20.1. The summed E-state index contributed by atoms with van der Waals surface area (Å²) in [6, 6.07) is 11.3. The van der Waals surface area contributed by atoms with Crippen molar-refractivity contribution >= 4 is 43.2 Å². The van der Waals surface area contributed by atoms with Gasteiger partial charge in [-0.05, 0) is 55.0 Å². The first-order chi connectivity index (χ1) is 17.0. The number of carbonyl (C=O) groups excluding carboxylic acids is 1. The highest BCUT2D eigenvalue weighted by atomic mass is 35.5. The molecule has 1 aliphatic heterocycles. The maximum absolute atomic E-state index is 12.8. The Morgan fingerprint density at radius 2 is 1.69 bits per heavy atom. The first kappa shape index (κ1) is 28.2. The average Bonchev–Trinajstić information content (AvgIpc) is 2.86. The summed E-state index contributed by atoms with van der Waals surface area (Å²) in [6.45, 7) is 3.32. The van der Waals surface area contributed by atoms with E-state index < -0.39 is 32.0 Å². The van der Waals surface area contributed by atoms with E-state index in [9.17, 15) is 21.6 Å². The number of halogens is 1. The second kappa shape index (κ2) is 12.2. The van der Waals surface area contributed by atoms with E-state index in [2.05, 4.69) is 5.32 Å². The third-order valence-electron chi connectivity index (χ3n) is 5.51. The summed E-state index contributed by atoms with van der Waals surface area (Å²) in [5, 5.41) is 3.16. The maximum Gasteiger partial charge on any atom is 0.244 e. The molecule has 1 amide bonds. The predicted molar refractivity (Wildman–Crippen MR) is 137 cm³/mol. The molecule has 10 nitrogen and oxygen atoms in total. The smallest absolute Gasteiger partial charge is 0.244 e. The number of morpholine rings is 1. The fraction of sp³-hybridized carbons (Fsp3) is 0.435. The van der Waals surface area contributed by atoms with E-state index in [1.807, 2.05) is 0 Å². The quantitative estimate of drug-likeness (QED) is 0.418. The van der Waals surface area contributed by atoms with Gasteiger partial charge in [-0.15, -0.1) is 0 Å². The van der Waals surface area contributed by atoms with Gasteiger partial charge < -0.3 is 14.8 Å². The van der Waals surface area contributed by atoms with Crippen molar-refractivity contribution in [3.63, 3.8) is 0 Å². The maximum atomic E-state index is 12.8. The molecular formula is C23H30ClN3O7S2. The van der Waals surface area contributed by atoms with Crippen LogP contribution in [0.5, 0.6) is 5.75 Å². The van der Waals surface area contributed by atoms with Gasteiger partial charge in [0.2, 0.25) is 26.0 Å². The lowest BCUT2D eigenvalue weighted by Crippen LogP contribution is -2.50. The van der Waals surface area contributed by atoms with Gasteiger partial charge >= 0.3 is 0 Å². The van der Waals surface area contributed by atoms with Gasteiger partial charge in [0.25, 0.3) is 0 Å². The monoisotopic (exact) mass is 559 g/mol. The predicted octanol–water partition coefficient (Wildman–Crippen LogP) is 2.10. The Hall–Kier alpha value is -2.38. The molecule has 198 valence electrons. The normalized spacial score (nSPS) is 15.8. The molecule has 0 aromatic heterocycles. The fourth-order valence-electron chi connectivity index (χ4n) is 3.75. The van der Waals surface area contributed by atoms with Crippen LogP contribution in [0.3, 0.4) is 0 Å². The third kappa shape index (κ3) is 7.10. The molecule has 0 radical (unpaired) electrons. The van der Waals surface area contributed by atoms with Crippen molar-refractivity contribution in [2.45, 2.75) is 24.3 Å². The van der Waals surface area contributed by atoms with E-state index >= 15 is 0 Å². The molecule has 36 heavy (non-hydrogen) atoms. The Morgan fingerprint density at radius 1 is 1.08 bits per heavy atom. The van der Waals surface area contributed by atoms with Crippen molar-refractivity contribution in [1.29, 1.82) is 0 Å². The van der Waals surface area contributed by atoms with Gasteiger partial charge in [0, 0.05) is 18.1 Å². The summed E-state index contributed by atoms with van der Waals surface area (Å²) in [4.78, 5) is 13.0. The molecular weight excluding hydrogens is 530 g/mol. The lowest BCUT2D eigenvalue weighted by Gasteiger charge is -2.30. The summed E-state index contributed by atoms with van der Waals surface area (Å²) in [7, 11) is -7.34. The van der Waals surface area contributed by atoms with E-state index in [-0.39, 0.29) is 24.5 Å². The van der Waals surface area contributed by atoms with Gasteiger partial charge in [0.15, 0.2) is 0 Å². The molecule has 0 spiro atoms. The molecule has 2 aromatic rings. The molecule has 1 atom stereocenters. The number of carbonyl (C=O) groups is 1. The number of amides is 1. The van der Waals surface area contributed by atoms with Crippen LogP contribution in [0.1, 0.15) is 13.3 Å². The highest BCUT2D eigenvalue weighted by Crippen LogP contribution is 2.24. The third-order valence-corrected chi connectivity index (χ3v) is 8.86. The van der Waals surface area contributed by atoms with Crippen molar-refractivity contribution in [1.82, 2.24) is 9.62 Å². The SMILES string of the molecule is CC[C@@H](C(=O)NCCOc1ccc(S(=O)(=O)N2CCOCC2)cc1)N(c1ccc(Cl)cc1)S(C)(=O)=O. The van der Waals surface area contributed by atoms with Crippen LogP contribution in [-0.4, -0.2) is 78.8 Å². The van der Waals surface area contributed by atoms with Crippen LogP contribution in [-0.2, 0) is 29.6 Å². The van der Waals surface area contributed by atoms with Crippen LogP contribution in [0.15, 0.2) is 53.4 Å². The van der Waals surface area contributed by atoms with Crippen molar-refractivity contribution < 1.29 is 31.1 Å². The molecule has 0 unspecified atom stereocenters. The number of nitrogens with one attached hydrogen (secondary N) is 1. The Morgan fingerprint density at radius 3 is 2.25 bits per heavy atom. The molecule has 3 rings (SSSR count). The van der Waals surface area contributed by atoms with E-state index in [0.717, 1.165) is 10.6 Å². The average molecular weight is 560 g/mol. The summed E-state index contributed by atoms with van der Waals surface area (Å²) in [5.74, 6) is -0.0235. The molecule has 1 N–H and O–H groups in total. The van der Waals surface area contributed by atoms with Crippen LogP contribution in [0, 0.1) is 0 Å². The number of rotatable bonds is 11. The van der Waals surface area contributed by atoms with Crippen molar-refractivity contribution in [2.75, 3.05) is 50.0 Å². The van der Waals surface area contributed by atoms with E-state index in [4.69, 9.17) is 21.1 Å². The second-order valence-corrected chi connectivity index (χ2v) is 12.3. The molecule has 1 fully saturated rings. The summed E-state index contributed by atoms with van der Waals surface area (Å²) in [5.41, 5.74) is 0.340. The van der Waals surface area contributed by atoms with E-state index in [1.54, 1.807) is 43.3 Å². The number of ether oxygens (including phenoxy) is 2. The molecule has 13 heteroatoms. The number of nitrogens with zero attached hydrogens (tertiary/aromatic N) is 2. The number of sulfonamides is 2. The van der Waals surface area contributed by atoms with E-state index in [1.165, 1.54) is 16.4 Å². The second-order valence-electron chi connectivity index (χ2n) is 8.09. The minimum Gasteiger partial charge on any atom is -0.492 e. The van der Waals surface area contributed by atoms with Crippen LogP contribution in [0.4, 0.5) is 5.69 Å². The molecule has 0 saturated carbocycles. The molecule has 0 aliphatic carbocycles. The lowest BCUT2D eigenvalue weighted by atomic mass is 10.2. The molecule has 1 saturated heterocycles. The van der Waals surface area contributed by atoms with Gasteiger partial charge in [-0.25, -0.2) is 16.8 Å². The van der Waals surface area contributed by atoms with Crippen LogP contribution in [0.2, 0.25) is 5.02 Å². The topological polar surface area (TPSA) is 122 Å². The lowest BCUT2D eigenvalue weighted by molar-refractivity contribution is -0.122. The summed E-state index contributed by atoms with van der Waals surface area (Å²) in [6.07, 6.45) is 1.30. The highest BCUT2D eigenvalue weighted by molar-refractivity contribution is 7.92. The Kier molecular flexibility index (Phi) is 9.59. The van der Waals surface area contributed by atoms with Crippen molar-refractivity contribution in [2.24, 2.45) is 0 Å². The Bertz CT molecular complexity index is 1230. The molecule has 2 aromatic carbocycles. The number of hydrogen-bond acceptors (Lipinski definition) is 7. The molecule has 1 aliphatic rings. The van der Waals surface area contributed by atoms with Crippen molar-refractivity contribution in [3.8, 4) is 5.75 Å². The van der Waals surface area contributed by atoms with Crippen LogP contribution < -0.4 is 14.4 Å². The Balaban J connectivity index is 1.56. The standard InChI is InChI=1S/C23H30ClN3O7S2/c1-3-22(27(35(2,29)30)19-6-4-18(24)5-7-19)23(28)25-12-15-34-20-8-10-21(11-9-20)36(31,32)26-13-16-33-17-14-26/h4-11,22H,3,12-17H2,1-2H3,(H,25,28)/t22-/m0/s1. The number of hydrogen-bond donors (Lipinski definition) is 1. The zero-order chi connectivity index (χ0) is 26.3. The van der Waals surface area contributed by atoms with Crippen LogP contribution in [0.25, 0.3) is 0 Å². The van der Waals surface area contributed by atoms with Gasteiger partial charge in [0.05, 0.1) is 36.6 Å². The molecule has 0 bridgehead atoms. The Labute approximate surface area is 217 Å². The first-order valence-electron chi connectivity index (χ1n) is 11.4. The largest absolute Gasteiger partial charge is 0.492 e. The first-order valence-corrected chi connectivity index (χ1v) is 15.0. The van der Waals surface area contributed by atoms with Gasteiger partial charge in [-0.3, -0.25) is 9.10 Å². The summed E-state index contributed by atoms with van der Waals surface area (Å²) < 4.78 is 63.6. The minimum atomic E-state index is -3.75. The van der Waals surface area contributed by atoms with Gasteiger partial charge in [-0.2, -0.15) is 4.31 Å². The zero-order valence-corrected chi connectivity index (χ0v) is 22.5. The summed E-state index contributed by atoms with van der Waals surface area (Å²) >= 11 is 5.91.